The van der Waals surface area contributed by atoms with Crippen LogP contribution in [0.2, 0.25) is 0 Å². The zero-order chi connectivity index (χ0) is 18.1. The summed E-state index contributed by atoms with van der Waals surface area (Å²) in [6.07, 6.45) is 5.70. The molecular weight excluding hydrogens is 332 g/mol. The summed E-state index contributed by atoms with van der Waals surface area (Å²) in [5.74, 6) is -0.509. The summed E-state index contributed by atoms with van der Waals surface area (Å²) in [6, 6.07) is -0.106. The minimum atomic E-state index is -0.565. The summed E-state index contributed by atoms with van der Waals surface area (Å²) >= 11 is 0.857. The third-order valence-corrected chi connectivity index (χ3v) is 4.10. The number of amides is 2. The van der Waals surface area contributed by atoms with Gasteiger partial charge in [0, 0.05) is 26.1 Å². The highest BCUT2D eigenvalue weighted by Crippen LogP contribution is 2.19. The highest BCUT2D eigenvalue weighted by molar-refractivity contribution is 8.13. The maximum absolute atomic E-state index is 11.9. The van der Waals surface area contributed by atoms with Crippen molar-refractivity contribution in [1.29, 1.82) is 0 Å². The molecule has 0 bridgehead atoms. The summed E-state index contributed by atoms with van der Waals surface area (Å²) in [6.45, 7) is 2.84. The molecule has 2 amide bonds. The van der Waals surface area contributed by atoms with Gasteiger partial charge in [-0.25, -0.2) is 4.79 Å². The summed E-state index contributed by atoms with van der Waals surface area (Å²) < 4.78 is 5.18. The van der Waals surface area contributed by atoms with Gasteiger partial charge in [-0.1, -0.05) is 6.08 Å². The van der Waals surface area contributed by atoms with E-state index in [2.05, 4.69) is 10.6 Å². The average molecular weight is 354 g/mol. The molecule has 7 nitrogen and oxygen atoms in total. The lowest BCUT2D eigenvalue weighted by Crippen LogP contribution is -2.32. The van der Waals surface area contributed by atoms with Crippen LogP contribution in [0.25, 0.3) is 0 Å². The lowest BCUT2D eigenvalue weighted by atomic mass is 10.0. The Hall–Kier alpha value is -2.09. The third kappa shape index (κ3) is 7.45. The molecule has 0 aromatic heterocycles. The number of allylic oxidation sites excluding steroid dienone is 1. The number of ether oxygens (including phenoxy) is 1. The van der Waals surface area contributed by atoms with E-state index in [0.717, 1.165) is 11.8 Å². The Kier molecular flexibility index (Phi) is 8.25. The molecule has 8 heteroatoms. The molecule has 0 radical (unpaired) electrons. The number of hydrogen-bond acceptors (Lipinski definition) is 6. The van der Waals surface area contributed by atoms with E-state index in [9.17, 15) is 19.2 Å². The van der Waals surface area contributed by atoms with E-state index >= 15 is 0 Å². The average Bonchev–Trinajstić information content (AvgIpc) is 2.51. The van der Waals surface area contributed by atoms with Crippen molar-refractivity contribution >= 4 is 34.7 Å². The Balaban J connectivity index is 2.44. The topological polar surface area (TPSA) is 102 Å². The molecule has 1 rings (SSSR count). The van der Waals surface area contributed by atoms with Crippen molar-refractivity contribution in [1.82, 2.24) is 10.6 Å². The fourth-order valence-corrected chi connectivity index (χ4v) is 2.88. The van der Waals surface area contributed by atoms with Gasteiger partial charge in [0.15, 0.2) is 0 Å². The van der Waals surface area contributed by atoms with Gasteiger partial charge in [0.1, 0.15) is 11.5 Å². The van der Waals surface area contributed by atoms with Gasteiger partial charge in [-0.05, 0) is 37.3 Å². The predicted octanol–water partition coefficient (Wildman–Crippen LogP) is 1.55. The monoisotopic (exact) mass is 354 g/mol. The Morgan fingerprint density at radius 2 is 2.04 bits per heavy atom. The molecule has 1 aliphatic rings. The van der Waals surface area contributed by atoms with Gasteiger partial charge in [0.25, 0.3) is 0 Å². The number of carbonyl (C=O) groups is 4. The van der Waals surface area contributed by atoms with Crippen molar-refractivity contribution in [2.24, 2.45) is 5.92 Å². The van der Waals surface area contributed by atoms with Crippen LogP contribution in [0.1, 0.15) is 26.7 Å². The Bertz CT molecular complexity index is 571. The van der Waals surface area contributed by atoms with Gasteiger partial charge >= 0.3 is 5.30 Å². The molecule has 0 saturated heterocycles. The fourth-order valence-electron chi connectivity index (χ4n) is 2.12. The van der Waals surface area contributed by atoms with Gasteiger partial charge in [-0.15, -0.1) is 0 Å². The van der Waals surface area contributed by atoms with E-state index < -0.39 is 11.2 Å². The molecule has 2 atom stereocenters. The normalized spacial score (nSPS) is 17.5. The molecule has 132 valence electrons. The van der Waals surface area contributed by atoms with Crippen molar-refractivity contribution in [2.45, 2.75) is 32.7 Å². The van der Waals surface area contributed by atoms with Crippen LogP contribution in [0.3, 0.4) is 0 Å². The maximum Gasteiger partial charge on any atom is 0.372 e. The summed E-state index contributed by atoms with van der Waals surface area (Å²) in [7, 11) is 1.49. The standard InChI is InChI=1S/C16H22N2O5S/c1-10(19)8-12(15(21)17-3)9-24-16(22)23-14-6-4-13(5-7-14)18-11(2)20/h4,6-7,12-13H,5,8-9H2,1-3H3,(H,17,21)(H,18,20). The van der Waals surface area contributed by atoms with Crippen LogP contribution >= 0.6 is 11.8 Å². The van der Waals surface area contributed by atoms with Crippen molar-refractivity contribution in [2.75, 3.05) is 12.8 Å². The number of carbonyl (C=O) groups excluding carboxylic acids is 4. The van der Waals surface area contributed by atoms with Crippen LogP contribution in [-0.4, -0.2) is 41.7 Å². The first-order chi connectivity index (χ1) is 11.3. The molecule has 0 spiro atoms. The first kappa shape index (κ1) is 20.0. The van der Waals surface area contributed by atoms with Gasteiger partial charge < -0.3 is 20.2 Å². The fraction of sp³-hybridized carbons (Fsp3) is 0.500. The van der Waals surface area contributed by atoms with Gasteiger partial charge in [0.05, 0.1) is 12.0 Å². The molecule has 24 heavy (non-hydrogen) atoms. The molecule has 1 aliphatic carbocycles. The largest absolute Gasteiger partial charge is 0.419 e. The summed E-state index contributed by atoms with van der Waals surface area (Å²) in [4.78, 5) is 45.7. The smallest absolute Gasteiger partial charge is 0.372 e. The molecule has 0 fully saturated rings. The van der Waals surface area contributed by atoms with Crippen LogP contribution in [0, 0.1) is 5.92 Å². The van der Waals surface area contributed by atoms with E-state index in [-0.39, 0.29) is 35.8 Å². The maximum atomic E-state index is 11.9. The number of thioether (sulfide) groups is 1. The highest BCUT2D eigenvalue weighted by atomic mass is 32.2. The number of hydrogen-bond donors (Lipinski definition) is 2. The van der Waals surface area contributed by atoms with E-state index in [1.807, 2.05) is 0 Å². The van der Waals surface area contributed by atoms with Crippen LogP contribution in [0.4, 0.5) is 4.79 Å². The molecule has 2 N–H and O–H groups in total. The van der Waals surface area contributed by atoms with Crippen LogP contribution in [0.15, 0.2) is 24.0 Å². The van der Waals surface area contributed by atoms with Crippen molar-refractivity contribution < 1.29 is 23.9 Å². The van der Waals surface area contributed by atoms with Gasteiger partial charge in [-0.2, -0.15) is 0 Å². The Morgan fingerprint density at radius 3 is 2.54 bits per heavy atom. The minimum Gasteiger partial charge on any atom is -0.419 e. The quantitative estimate of drug-likeness (QED) is 0.673. The van der Waals surface area contributed by atoms with Gasteiger partial charge in [-0.3, -0.25) is 9.59 Å². The zero-order valence-corrected chi connectivity index (χ0v) is 14.8. The van der Waals surface area contributed by atoms with Crippen molar-refractivity contribution in [3.05, 3.63) is 24.0 Å². The van der Waals surface area contributed by atoms with Crippen LogP contribution in [-0.2, 0) is 19.1 Å². The number of nitrogens with one attached hydrogen (secondary N) is 2. The molecule has 0 heterocycles. The molecule has 0 aromatic carbocycles. The molecule has 2 unspecified atom stereocenters. The van der Waals surface area contributed by atoms with E-state index in [0.29, 0.717) is 12.2 Å². The second kappa shape index (κ2) is 9.92. The second-order valence-corrected chi connectivity index (χ2v) is 6.34. The first-order valence-electron chi connectivity index (χ1n) is 7.53. The lowest BCUT2D eigenvalue weighted by Gasteiger charge is -2.17. The van der Waals surface area contributed by atoms with E-state index in [1.165, 1.54) is 20.9 Å². The minimum absolute atomic E-state index is 0.0843. The Labute approximate surface area is 145 Å². The van der Waals surface area contributed by atoms with Crippen molar-refractivity contribution in [3.63, 3.8) is 0 Å². The number of rotatable bonds is 7. The molecule has 0 aliphatic heterocycles. The highest BCUT2D eigenvalue weighted by Gasteiger charge is 2.22. The van der Waals surface area contributed by atoms with E-state index in [4.69, 9.17) is 4.74 Å². The summed E-state index contributed by atoms with van der Waals surface area (Å²) in [5.41, 5.74) is 0. The molecular formula is C16H22N2O5S. The third-order valence-electron chi connectivity index (χ3n) is 3.21. The SMILES string of the molecule is CNC(=O)C(CSC(=O)OC1=CCC(NC(C)=O)C=C1)CC(C)=O. The molecule has 0 saturated carbocycles. The van der Waals surface area contributed by atoms with E-state index in [1.54, 1.807) is 18.2 Å². The molecule has 0 aromatic rings. The lowest BCUT2D eigenvalue weighted by molar-refractivity contribution is -0.127. The van der Waals surface area contributed by atoms with Gasteiger partial charge in [0.2, 0.25) is 11.8 Å². The predicted molar refractivity (Wildman–Crippen MR) is 91.2 cm³/mol. The zero-order valence-electron chi connectivity index (χ0n) is 14.0. The summed E-state index contributed by atoms with van der Waals surface area (Å²) in [5, 5.41) is 4.68. The van der Waals surface area contributed by atoms with Crippen LogP contribution in [0.5, 0.6) is 0 Å². The number of Topliss-reactive ketones (excluding diaryl/α,β-unsaturated/α-hetero) is 1. The first-order valence-corrected chi connectivity index (χ1v) is 8.51. The Morgan fingerprint density at radius 1 is 1.33 bits per heavy atom. The van der Waals surface area contributed by atoms with Crippen molar-refractivity contribution in [3.8, 4) is 0 Å². The number of ketones is 1. The van der Waals surface area contributed by atoms with Crippen LogP contribution < -0.4 is 10.6 Å². The second-order valence-electron chi connectivity index (χ2n) is 5.39.